The van der Waals surface area contributed by atoms with E-state index in [4.69, 9.17) is 4.74 Å². The number of ether oxygens (including phenoxy) is 1. The van der Waals surface area contributed by atoms with Gasteiger partial charge in [-0.25, -0.2) is 14.6 Å². The van der Waals surface area contributed by atoms with E-state index in [0.717, 1.165) is 0 Å². The molecule has 1 atom stereocenters. The number of nitrogens with one attached hydrogen (secondary N) is 1. The van der Waals surface area contributed by atoms with E-state index in [1.165, 1.54) is 30.5 Å². The van der Waals surface area contributed by atoms with E-state index in [-0.39, 0.29) is 29.2 Å². The van der Waals surface area contributed by atoms with Gasteiger partial charge < -0.3 is 9.72 Å². The summed E-state index contributed by atoms with van der Waals surface area (Å²) in [5, 5.41) is 11.3. The predicted molar refractivity (Wildman–Crippen MR) is 71.3 cm³/mol. The number of imidazole rings is 1. The molecule has 0 bridgehead atoms. The topological polar surface area (TPSA) is 115 Å². The van der Waals surface area contributed by atoms with Crippen molar-refractivity contribution in [1.82, 2.24) is 9.97 Å². The van der Waals surface area contributed by atoms with Gasteiger partial charge in [-0.05, 0) is 19.1 Å². The molecule has 0 amide bonds. The zero-order valence-corrected chi connectivity index (χ0v) is 11.0. The first-order valence-corrected chi connectivity index (χ1v) is 6.07. The smallest absolute Gasteiger partial charge is 0.339 e. The molecular formula is C13H11N3O5. The van der Waals surface area contributed by atoms with Gasteiger partial charge in [0, 0.05) is 17.3 Å². The number of H-pyrrole nitrogens is 1. The largest absolute Gasteiger partial charge is 0.462 e. The molecule has 0 spiro atoms. The Balaban J connectivity index is 2.54. The zero-order valence-electron chi connectivity index (χ0n) is 11.0. The average Bonchev–Trinajstić information content (AvgIpc) is 2.99. The molecule has 1 aromatic heterocycles. The average molecular weight is 289 g/mol. The fourth-order valence-electron chi connectivity index (χ4n) is 2.01. The van der Waals surface area contributed by atoms with E-state index in [1.54, 1.807) is 6.92 Å². The van der Waals surface area contributed by atoms with Crippen LogP contribution in [0.5, 0.6) is 0 Å². The van der Waals surface area contributed by atoms with Gasteiger partial charge in [-0.2, -0.15) is 0 Å². The van der Waals surface area contributed by atoms with Crippen LogP contribution in [0.25, 0.3) is 5.57 Å². The maximum absolute atomic E-state index is 11.8. The van der Waals surface area contributed by atoms with Crippen molar-refractivity contribution in [2.45, 2.75) is 13.0 Å². The Hall–Kier alpha value is -2.99. The summed E-state index contributed by atoms with van der Waals surface area (Å²) in [6, 6.07) is -1.52. The SMILES string of the molecule is CCOC(=O)C1=CC=C(c2ncc[nH]2)C([N+](=O)[O-])C1=C=O. The van der Waals surface area contributed by atoms with Crippen LogP contribution in [0.15, 0.2) is 35.7 Å². The summed E-state index contributed by atoms with van der Waals surface area (Å²) in [6.45, 7) is 1.70. The van der Waals surface area contributed by atoms with Crippen molar-refractivity contribution in [2.75, 3.05) is 6.61 Å². The highest BCUT2D eigenvalue weighted by molar-refractivity contribution is 6.00. The molecule has 0 aliphatic heterocycles. The Labute approximate surface area is 119 Å². The second-order valence-electron chi connectivity index (χ2n) is 4.06. The number of nitrogens with zero attached hydrogens (tertiary/aromatic N) is 2. The lowest BCUT2D eigenvalue weighted by atomic mass is 9.88. The maximum Gasteiger partial charge on any atom is 0.339 e. The maximum atomic E-state index is 11.8. The third kappa shape index (κ3) is 2.65. The second-order valence-corrected chi connectivity index (χ2v) is 4.06. The first-order chi connectivity index (χ1) is 10.1. The molecule has 21 heavy (non-hydrogen) atoms. The summed E-state index contributed by atoms with van der Waals surface area (Å²) in [6.07, 6.45) is 5.61. The highest BCUT2D eigenvalue weighted by Crippen LogP contribution is 2.31. The zero-order chi connectivity index (χ0) is 15.4. The van der Waals surface area contributed by atoms with E-state index in [1.807, 2.05) is 0 Å². The number of hydrogen-bond acceptors (Lipinski definition) is 6. The number of carbonyl (C=O) groups is 1. The van der Waals surface area contributed by atoms with Gasteiger partial charge in [-0.1, -0.05) is 0 Å². The van der Waals surface area contributed by atoms with Gasteiger partial charge in [0.05, 0.1) is 17.8 Å². The van der Waals surface area contributed by atoms with Crippen LogP contribution in [0.3, 0.4) is 0 Å². The van der Waals surface area contributed by atoms with E-state index in [2.05, 4.69) is 9.97 Å². The molecule has 8 nitrogen and oxygen atoms in total. The fraction of sp³-hybridized carbons (Fsp3) is 0.231. The number of nitro groups is 1. The van der Waals surface area contributed by atoms with Crippen LogP contribution in [0, 0.1) is 10.1 Å². The van der Waals surface area contributed by atoms with Crippen LogP contribution in [0.1, 0.15) is 12.7 Å². The van der Waals surface area contributed by atoms with Crippen LogP contribution < -0.4 is 0 Å². The van der Waals surface area contributed by atoms with Crippen LogP contribution >= 0.6 is 0 Å². The number of esters is 1. The van der Waals surface area contributed by atoms with Crippen molar-refractivity contribution < 1.29 is 19.2 Å². The third-order valence-electron chi connectivity index (χ3n) is 2.88. The number of aromatic nitrogens is 2. The molecule has 1 aliphatic carbocycles. The van der Waals surface area contributed by atoms with Crippen LogP contribution in [-0.4, -0.2) is 39.5 Å². The molecule has 8 heteroatoms. The quantitative estimate of drug-likeness (QED) is 0.377. The van der Waals surface area contributed by atoms with E-state index >= 15 is 0 Å². The molecule has 0 aromatic carbocycles. The molecule has 0 radical (unpaired) electrons. The number of aromatic amines is 1. The van der Waals surface area contributed by atoms with Crippen molar-refractivity contribution in [3.63, 3.8) is 0 Å². The van der Waals surface area contributed by atoms with Crippen molar-refractivity contribution >= 4 is 17.5 Å². The third-order valence-corrected chi connectivity index (χ3v) is 2.88. The Morgan fingerprint density at radius 1 is 1.57 bits per heavy atom. The standard InChI is InChI=1S/C13H11N3O5/c1-2-21-13(18)8-3-4-9(12-14-5-6-15-12)11(16(19)20)10(8)7-17/h3-6,11H,2H2,1H3,(H,14,15). The lowest BCUT2D eigenvalue weighted by Gasteiger charge is -2.17. The molecule has 1 aliphatic rings. The van der Waals surface area contributed by atoms with E-state index in [9.17, 15) is 19.7 Å². The minimum Gasteiger partial charge on any atom is -0.462 e. The van der Waals surface area contributed by atoms with Gasteiger partial charge in [0.1, 0.15) is 17.3 Å². The summed E-state index contributed by atoms with van der Waals surface area (Å²) in [7, 11) is 0. The second kappa shape index (κ2) is 5.98. The molecule has 0 saturated heterocycles. The van der Waals surface area contributed by atoms with Gasteiger partial charge in [-0.3, -0.25) is 10.1 Å². The Kier molecular flexibility index (Phi) is 4.10. The molecule has 1 N–H and O–H groups in total. The molecular weight excluding hydrogens is 278 g/mol. The first kappa shape index (κ1) is 14.4. The normalized spacial score (nSPS) is 17.6. The van der Waals surface area contributed by atoms with Crippen molar-refractivity contribution in [3.8, 4) is 0 Å². The Bertz CT molecular complexity index is 681. The summed E-state index contributed by atoms with van der Waals surface area (Å²) >= 11 is 0. The minimum absolute atomic E-state index is 0.0974. The highest BCUT2D eigenvalue weighted by atomic mass is 16.6. The predicted octanol–water partition coefficient (Wildman–Crippen LogP) is 0.699. The first-order valence-electron chi connectivity index (χ1n) is 6.07. The summed E-state index contributed by atoms with van der Waals surface area (Å²) < 4.78 is 4.79. The number of allylic oxidation sites excluding steroid dienone is 2. The highest BCUT2D eigenvalue weighted by Gasteiger charge is 2.40. The van der Waals surface area contributed by atoms with Gasteiger partial charge in [0.25, 0.3) is 6.04 Å². The summed E-state index contributed by atoms with van der Waals surface area (Å²) in [5.74, 6) is 0.949. The molecule has 1 aromatic rings. The monoisotopic (exact) mass is 289 g/mol. The summed E-state index contributed by atoms with van der Waals surface area (Å²) in [5.41, 5.74) is -0.354. The summed E-state index contributed by atoms with van der Waals surface area (Å²) in [4.78, 5) is 40.2. The van der Waals surface area contributed by atoms with Gasteiger partial charge in [-0.15, -0.1) is 0 Å². The molecule has 0 fully saturated rings. The number of rotatable bonds is 4. The van der Waals surface area contributed by atoms with E-state index < -0.39 is 16.9 Å². The van der Waals surface area contributed by atoms with Gasteiger partial charge >= 0.3 is 5.97 Å². The Morgan fingerprint density at radius 2 is 2.33 bits per heavy atom. The Morgan fingerprint density at radius 3 is 2.86 bits per heavy atom. The molecule has 2 rings (SSSR count). The van der Waals surface area contributed by atoms with Crippen LogP contribution in [-0.2, 0) is 14.3 Å². The van der Waals surface area contributed by atoms with E-state index in [0.29, 0.717) is 0 Å². The van der Waals surface area contributed by atoms with Crippen molar-refractivity contribution in [1.29, 1.82) is 0 Å². The van der Waals surface area contributed by atoms with Gasteiger partial charge in [0.15, 0.2) is 0 Å². The minimum atomic E-state index is -1.52. The number of hydrogen-bond donors (Lipinski definition) is 1. The van der Waals surface area contributed by atoms with Crippen LogP contribution in [0.4, 0.5) is 0 Å². The van der Waals surface area contributed by atoms with Gasteiger partial charge in [0.2, 0.25) is 0 Å². The molecule has 0 saturated carbocycles. The van der Waals surface area contributed by atoms with Crippen molar-refractivity contribution in [2.24, 2.45) is 0 Å². The lowest BCUT2D eigenvalue weighted by Crippen LogP contribution is -2.30. The van der Waals surface area contributed by atoms with Crippen LogP contribution in [0.2, 0.25) is 0 Å². The fourth-order valence-corrected chi connectivity index (χ4v) is 2.01. The van der Waals surface area contributed by atoms with Crippen molar-refractivity contribution in [3.05, 3.63) is 51.6 Å². The molecule has 1 unspecified atom stereocenters. The lowest BCUT2D eigenvalue weighted by molar-refractivity contribution is -0.495. The molecule has 1 heterocycles. The number of carbonyl (C=O) groups excluding carboxylic acids is 2. The molecule has 108 valence electrons.